The highest BCUT2D eigenvalue weighted by molar-refractivity contribution is 5.92. The molecule has 0 atom stereocenters. The minimum Gasteiger partial charge on any atom is -0.457 e. The Labute approximate surface area is 162 Å². The van der Waals surface area contributed by atoms with Crippen molar-refractivity contribution < 1.29 is 14.3 Å². The van der Waals surface area contributed by atoms with Gasteiger partial charge in [0.1, 0.15) is 17.3 Å². The second-order valence-electron chi connectivity index (χ2n) is 6.41. The Morgan fingerprint density at radius 1 is 0.893 bits per heavy atom. The van der Waals surface area contributed by atoms with Gasteiger partial charge in [-0.05, 0) is 24.3 Å². The van der Waals surface area contributed by atoms with Gasteiger partial charge in [-0.2, -0.15) is 0 Å². The first-order valence-corrected chi connectivity index (χ1v) is 9.06. The predicted molar refractivity (Wildman–Crippen MR) is 105 cm³/mol. The van der Waals surface area contributed by atoms with E-state index in [1.165, 1.54) is 0 Å². The lowest BCUT2D eigenvalue weighted by Crippen LogP contribution is -2.33. The second kappa shape index (κ2) is 7.92. The Morgan fingerprint density at radius 2 is 1.54 bits per heavy atom. The largest absolute Gasteiger partial charge is 0.457 e. The van der Waals surface area contributed by atoms with E-state index in [-0.39, 0.29) is 24.8 Å². The van der Waals surface area contributed by atoms with E-state index in [0.29, 0.717) is 17.3 Å². The number of benzene rings is 2. The summed E-state index contributed by atoms with van der Waals surface area (Å²) in [5.41, 5.74) is 1.63. The number of nitrogens with zero attached hydrogens (tertiary/aromatic N) is 1. The van der Waals surface area contributed by atoms with Crippen LogP contribution >= 0.6 is 0 Å². The van der Waals surface area contributed by atoms with Crippen LogP contribution in [-0.2, 0) is 9.59 Å². The van der Waals surface area contributed by atoms with Crippen molar-refractivity contribution in [3.63, 3.8) is 0 Å². The third kappa shape index (κ3) is 3.71. The van der Waals surface area contributed by atoms with Crippen molar-refractivity contribution in [1.29, 1.82) is 0 Å². The number of para-hydroxylation sites is 2. The van der Waals surface area contributed by atoms with Gasteiger partial charge in [-0.25, -0.2) is 4.98 Å². The number of amides is 2. The molecule has 2 amide bonds. The fourth-order valence-corrected chi connectivity index (χ4v) is 3.24. The van der Waals surface area contributed by atoms with Crippen LogP contribution in [0.25, 0.3) is 0 Å². The van der Waals surface area contributed by atoms with Crippen LogP contribution in [0.3, 0.4) is 0 Å². The number of carbonyl (C=O) groups is 2. The number of hydrogen-bond donors (Lipinski definition) is 2. The molecule has 0 bridgehead atoms. The maximum absolute atomic E-state index is 13.0. The number of nitrogens with one attached hydrogen (secondary N) is 2. The zero-order valence-corrected chi connectivity index (χ0v) is 15.1. The van der Waals surface area contributed by atoms with E-state index in [1.54, 1.807) is 24.4 Å². The Hall–Kier alpha value is -3.67. The highest BCUT2D eigenvalue weighted by atomic mass is 16.5. The molecule has 1 aromatic heterocycles. The van der Waals surface area contributed by atoms with Gasteiger partial charge in [0.25, 0.3) is 0 Å². The van der Waals surface area contributed by atoms with Crippen molar-refractivity contribution in [2.24, 2.45) is 0 Å². The summed E-state index contributed by atoms with van der Waals surface area (Å²) in [6.07, 6.45) is 1.77. The molecule has 2 heterocycles. The van der Waals surface area contributed by atoms with Gasteiger partial charge in [0.2, 0.25) is 11.8 Å². The molecule has 0 unspecified atom stereocenters. The van der Waals surface area contributed by atoms with Crippen molar-refractivity contribution in [2.45, 2.75) is 12.3 Å². The molecule has 0 aliphatic carbocycles. The molecule has 2 N–H and O–H groups in total. The lowest BCUT2D eigenvalue weighted by atomic mass is 9.87. The smallest absolute Gasteiger partial charge is 0.232 e. The van der Waals surface area contributed by atoms with Crippen LogP contribution in [0.15, 0.2) is 72.9 Å². The van der Waals surface area contributed by atoms with Crippen LogP contribution in [0.4, 0.5) is 5.82 Å². The standard InChI is InChI=1S/C22H19N3O3/c26-20(25-19-11-5-6-13-23-19)12-14-24-22(27)21-15-7-1-3-9-17(15)28-18-10-4-2-8-16(18)21/h1-11,13,21H,12,14H2,(H,24,27)(H,23,25,26). The molecule has 0 radical (unpaired) electrons. The maximum atomic E-state index is 13.0. The van der Waals surface area contributed by atoms with E-state index >= 15 is 0 Å². The van der Waals surface area contributed by atoms with Crippen molar-refractivity contribution in [1.82, 2.24) is 10.3 Å². The number of hydrogen-bond acceptors (Lipinski definition) is 4. The van der Waals surface area contributed by atoms with Gasteiger partial charge in [0.15, 0.2) is 0 Å². The third-order valence-electron chi connectivity index (χ3n) is 4.53. The molecule has 1 aliphatic rings. The minimum absolute atomic E-state index is 0.158. The van der Waals surface area contributed by atoms with Crippen LogP contribution in [0, 0.1) is 0 Å². The van der Waals surface area contributed by atoms with E-state index in [1.807, 2.05) is 48.5 Å². The van der Waals surface area contributed by atoms with Crippen molar-refractivity contribution in [2.75, 3.05) is 11.9 Å². The molecule has 4 rings (SSSR count). The van der Waals surface area contributed by atoms with E-state index in [2.05, 4.69) is 15.6 Å². The molecule has 0 saturated carbocycles. The third-order valence-corrected chi connectivity index (χ3v) is 4.53. The number of rotatable bonds is 5. The van der Waals surface area contributed by atoms with E-state index < -0.39 is 5.92 Å². The summed E-state index contributed by atoms with van der Waals surface area (Å²) in [7, 11) is 0. The van der Waals surface area contributed by atoms with Gasteiger partial charge in [-0.15, -0.1) is 0 Å². The van der Waals surface area contributed by atoms with E-state index in [4.69, 9.17) is 4.74 Å². The minimum atomic E-state index is -0.472. The van der Waals surface area contributed by atoms with Gasteiger partial charge in [-0.3, -0.25) is 9.59 Å². The summed E-state index contributed by atoms with van der Waals surface area (Å²) in [5.74, 6) is 1.01. The molecule has 6 nitrogen and oxygen atoms in total. The van der Waals surface area contributed by atoms with Gasteiger partial charge in [0, 0.05) is 30.3 Å². The van der Waals surface area contributed by atoms with Crippen molar-refractivity contribution in [3.05, 3.63) is 84.1 Å². The monoisotopic (exact) mass is 373 g/mol. The summed E-state index contributed by atoms with van der Waals surface area (Å²) in [4.78, 5) is 29.0. The zero-order valence-electron chi connectivity index (χ0n) is 15.1. The first kappa shape index (κ1) is 17.7. The number of anilines is 1. The molecular weight excluding hydrogens is 354 g/mol. The quantitative estimate of drug-likeness (QED) is 0.718. The molecule has 28 heavy (non-hydrogen) atoms. The molecule has 0 fully saturated rings. The topological polar surface area (TPSA) is 80.3 Å². The molecule has 6 heteroatoms. The second-order valence-corrected chi connectivity index (χ2v) is 6.41. The van der Waals surface area contributed by atoms with Crippen LogP contribution in [0.2, 0.25) is 0 Å². The molecule has 140 valence electrons. The lowest BCUT2D eigenvalue weighted by Gasteiger charge is -2.27. The maximum Gasteiger partial charge on any atom is 0.232 e. The van der Waals surface area contributed by atoms with Crippen LogP contribution in [0.5, 0.6) is 11.5 Å². The number of pyridine rings is 1. The Balaban J connectivity index is 1.43. The number of carbonyl (C=O) groups excluding carboxylic acids is 2. The van der Waals surface area contributed by atoms with Gasteiger partial charge < -0.3 is 15.4 Å². The van der Waals surface area contributed by atoms with Gasteiger partial charge in [0.05, 0.1) is 5.92 Å². The summed E-state index contributed by atoms with van der Waals surface area (Å²) in [5, 5.41) is 5.58. The Bertz CT molecular complexity index is 959. The Kier molecular flexibility index (Phi) is 5.01. The molecule has 0 saturated heterocycles. The summed E-state index contributed by atoms with van der Waals surface area (Å²) >= 11 is 0. The van der Waals surface area contributed by atoms with Crippen LogP contribution in [0.1, 0.15) is 23.5 Å². The molecule has 2 aromatic carbocycles. The highest BCUT2D eigenvalue weighted by Gasteiger charge is 2.32. The number of ether oxygens (including phenoxy) is 1. The predicted octanol–water partition coefficient (Wildman–Crippen LogP) is 3.46. The first-order valence-electron chi connectivity index (χ1n) is 9.06. The fourth-order valence-electron chi connectivity index (χ4n) is 3.24. The van der Waals surface area contributed by atoms with Gasteiger partial charge >= 0.3 is 0 Å². The molecule has 0 spiro atoms. The molecule has 3 aromatic rings. The van der Waals surface area contributed by atoms with Gasteiger partial charge in [-0.1, -0.05) is 42.5 Å². The average molecular weight is 373 g/mol. The van der Waals surface area contributed by atoms with E-state index in [0.717, 1.165) is 11.1 Å². The normalized spacial score (nSPS) is 12.3. The van der Waals surface area contributed by atoms with Crippen LogP contribution in [-0.4, -0.2) is 23.3 Å². The molecule has 1 aliphatic heterocycles. The SMILES string of the molecule is O=C(CCNC(=O)C1c2ccccc2Oc2ccccc21)Nc1ccccn1. The Morgan fingerprint density at radius 3 is 2.18 bits per heavy atom. The summed E-state index contributed by atoms with van der Waals surface area (Å²) in [6.45, 7) is 0.235. The summed E-state index contributed by atoms with van der Waals surface area (Å²) < 4.78 is 5.92. The lowest BCUT2D eigenvalue weighted by molar-refractivity contribution is -0.122. The summed E-state index contributed by atoms with van der Waals surface area (Å²) in [6, 6.07) is 20.3. The first-order chi connectivity index (χ1) is 13.7. The number of fused-ring (bicyclic) bond motifs is 2. The van der Waals surface area contributed by atoms with Crippen molar-refractivity contribution in [3.8, 4) is 11.5 Å². The highest BCUT2D eigenvalue weighted by Crippen LogP contribution is 2.43. The van der Waals surface area contributed by atoms with Crippen LogP contribution < -0.4 is 15.4 Å². The zero-order chi connectivity index (χ0) is 19.3. The number of aromatic nitrogens is 1. The fraction of sp³-hybridized carbons (Fsp3) is 0.136. The molecular formula is C22H19N3O3. The van der Waals surface area contributed by atoms with E-state index in [9.17, 15) is 9.59 Å². The van der Waals surface area contributed by atoms with Crippen molar-refractivity contribution >= 4 is 17.6 Å². The average Bonchev–Trinajstić information content (AvgIpc) is 2.72.